The van der Waals surface area contributed by atoms with E-state index in [2.05, 4.69) is 4.98 Å². The van der Waals surface area contributed by atoms with Crippen LogP contribution in [0.15, 0.2) is 46.8 Å². The Morgan fingerprint density at radius 2 is 1.78 bits per heavy atom. The molecule has 0 amide bonds. The van der Waals surface area contributed by atoms with Gasteiger partial charge in [-0.3, -0.25) is 0 Å². The van der Waals surface area contributed by atoms with E-state index >= 15 is 0 Å². The SMILES string of the molecule is COc1ccc(CN(c2nccs2)S(=O)(=O)c2cc(C(F)(F)F)c(F)cc2F)c(OC)c1. The molecule has 2 aromatic carbocycles. The molecule has 0 atom stereocenters. The lowest BCUT2D eigenvalue weighted by molar-refractivity contribution is -0.140. The van der Waals surface area contributed by atoms with Gasteiger partial charge in [-0.15, -0.1) is 11.3 Å². The summed E-state index contributed by atoms with van der Waals surface area (Å²) in [5.74, 6) is -2.96. The lowest BCUT2D eigenvalue weighted by Crippen LogP contribution is -2.31. The Morgan fingerprint density at radius 3 is 2.34 bits per heavy atom. The van der Waals surface area contributed by atoms with Crippen molar-refractivity contribution in [1.82, 2.24) is 4.98 Å². The van der Waals surface area contributed by atoms with Crippen LogP contribution in [0.2, 0.25) is 0 Å². The maximum atomic E-state index is 14.4. The molecule has 0 unspecified atom stereocenters. The zero-order valence-electron chi connectivity index (χ0n) is 16.5. The van der Waals surface area contributed by atoms with Gasteiger partial charge in [0.2, 0.25) is 0 Å². The molecule has 13 heteroatoms. The van der Waals surface area contributed by atoms with Crippen LogP contribution in [0.25, 0.3) is 0 Å². The number of hydrogen-bond donors (Lipinski definition) is 0. The molecule has 3 rings (SSSR count). The summed E-state index contributed by atoms with van der Waals surface area (Å²) >= 11 is 0.863. The average molecular weight is 494 g/mol. The highest BCUT2D eigenvalue weighted by Crippen LogP contribution is 2.37. The van der Waals surface area contributed by atoms with Crippen LogP contribution in [0.1, 0.15) is 11.1 Å². The largest absolute Gasteiger partial charge is 0.497 e. The molecule has 0 saturated carbocycles. The maximum absolute atomic E-state index is 14.4. The third-order valence-corrected chi connectivity index (χ3v) is 7.00. The molecule has 3 aromatic rings. The van der Waals surface area contributed by atoms with E-state index in [1.54, 1.807) is 0 Å². The summed E-state index contributed by atoms with van der Waals surface area (Å²) in [4.78, 5) is 2.55. The van der Waals surface area contributed by atoms with Crippen LogP contribution in [0, 0.1) is 11.6 Å². The Bertz CT molecular complexity index is 1220. The van der Waals surface area contributed by atoms with Crippen molar-refractivity contribution in [2.24, 2.45) is 0 Å². The number of benzene rings is 2. The summed E-state index contributed by atoms with van der Waals surface area (Å²) < 4.78 is 105. The molecular weight excluding hydrogens is 479 g/mol. The van der Waals surface area contributed by atoms with Gasteiger partial charge in [0.1, 0.15) is 28.0 Å². The molecule has 32 heavy (non-hydrogen) atoms. The van der Waals surface area contributed by atoms with Gasteiger partial charge in [-0.25, -0.2) is 26.5 Å². The van der Waals surface area contributed by atoms with Crippen molar-refractivity contribution in [3.05, 3.63) is 64.7 Å². The first-order valence-corrected chi connectivity index (χ1v) is 11.0. The van der Waals surface area contributed by atoms with Gasteiger partial charge in [-0.1, -0.05) is 0 Å². The van der Waals surface area contributed by atoms with E-state index in [4.69, 9.17) is 9.47 Å². The Morgan fingerprint density at radius 1 is 1.06 bits per heavy atom. The van der Waals surface area contributed by atoms with Crippen molar-refractivity contribution >= 4 is 26.5 Å². The number of methoxy groups -OCH3 is 2. The van der Waals surface area contributed by atoms with Gasteiger partial charge < -0.3 is 9.47 Å². The minimum atomic E-state index is -5.23. The minimum Gasteiger partial charge on any atom is -0.497 e. The fourth-order valence-corrected chi connectivity index (χ4v) is 5.14. The summed E-state index contributed by atoms with van der Waals surface area (Å²) in [6, 6.07) is 4.30. The number of aromatic nitrogens is 1. The molecule has 1 aromatic heterocycles. The molecule has 0 spiro atoms. The molecule has 0 fully saturated rings. The van der Waals surface area contributed by atoms with E-state index in [0.717, 1.165) is 11.3 Å². The Hall–Kier alpha value is -2.93. The Labute approximate surface area is 183 Å². The number of anilines is 1. The number of thiazole rings is 1. The van der Waals surface area contributed by atoms with Crippen molar-refractivity contribution in [3.63, 3.8) is 0 Å². The van der Waals surface area contributed by atoms with Crippen LogP contribution in [-0.4, -0.2) is 27.6 Å². The second kappa shape index (κ2) is 8.90. The van der Waals surface area contributed by atoms with Crippen LogP contribution < -0.4 is 13.8 Å². The van der Waals surface area contributed by atoms with Gasteiger partial charge in [0, 0.05) is 29.3 Å². The monoisotopic (exact) mass is 494 g/mol. The van der Waals surface area contributed by atoms with Crippen molar-refractivity contribution in [3.8, 4) is 11.5 Å². The second-order valence-corrected chi connectivity index (χ2v) is 8.97. The second-order valence-electron chi connectivity index (χ2n) is 6.26. The molecule has 0 bridgehead atoms. The summed E-state index contributed by atoms with van der Waals surface area (Å²) in [6.45, 7) is -0.457. The smallest absolute Gasteiger partial charge is 0.419 e. The zero-order chi connectivity index (χ0) is 23.7. The molecule has 0 saturated heterocycles. The van der Waals surface area contributed by atoms with Gasteiger partial charge >= 0.3 is 6.18 Å². The highest BCUT2D eigenvalue weighted by molar-refractivity contribution is 7.93. The number of rotatable bonds is 7. The minimum absolute atomic E-state index is 0.0636. The van der Waals surface area contributed by atoms with Crippen molar-refractivity contribution in [2.75, 3.05) is 18.5 Å². The van der Waals surface area contributed by atoms with E-state index in [9.17, 15) is 30.4 Å². The third kappa shape index (κ3) is 4.63. The van der Waals surface area contributed by atoms with Gasteiger partial charge in [0.25, 0.3) is 10.0 Å². The number of sulfonamides is 1. The van der Waals surface area contributed by atoms with E-state index < -0.39 is 44.8 Å². The van der Waals surface area contributed by atoms with Crippen LogP contribution in [0.4, 0.5) is 27.1 Å². The van der Waals surface area contributed by atoms with E-state index in [0.29, 0.717) is 15.6 Å². The van der Waals surface area contributed by atoms with Crippen molar-refractivity contribution < 1.29 is 39.8 Å². The van der Waals surface area contributed by atoms with E-state index in [1.165, 1.54) is 44.0 Å². The van der Waals surface area contributed by atoms with Crippen molar-refractivity contribution in [2.45, 2.75) is 17.6 Å². The summed E-state index contributed by atoms with van der Waals surface area (Å²) in [6.07, 6.45) is -3.96. The van der Waals surface area contributed by atoms with Crippen LogP contribution in [0.3, 0.4) is 0 Å². The molecule has 0 aliphatic rings. The maximum Gasteiger partial charge on any atom is 0.419 e. The third-order valence-electron chi connectivity index (χ3n) is 4.34. The van der Waals surface area contributed by atoms with E-state index in [1.807, 2.05) is 0 Å². The topological polar surface area (TPSA) is 68.7 Å². The first-order chi connectivity index (χ1) is 15.0. The Balaban J connectivity index is 2.16. The lowest BCUT2D eigenvalue weighted by Gasteiger charge is -2.24. The molecule has 6 nitrogen and oxygen atoms in total. The molecule has 1 heterocycles. The average Bonchev–Trinajstić information content (AvgIpc) is 3.24. The lowest BCUT2D eigenvalue weighted by atomic mass is 10.2. The first kappa shape index (κ1) is 23.7. The van der Waals surface area contributed by atoms with Gasteiger partial charge in [-0.05, 0) is 18.2 Å². The van der Waals surface area contributed by atoms with Gasteiger partial charge in [0.15, 0.2) is 5.13 Å². The number of nitrogens with zero attached hydrogens (tertiary/aromatic N) is 2. The summed E-state index contributed by atoms with van der Waals surface area (Å²) in [5.41, 5.74) is -1.61. The molecule has 0 radical (unpaired) electrons. The number of halogens is 5. The summed E-state index contributed by atoms with van der Waals surface area (Å²) in [7, 11) is -2.20. The normalized spacial score (nSPS) is 12.0. The fraction of sp³-hybridized carbons (Fsp3) is 0.211. The fourth-order valence-electron chi connectivity index (χ4n) is 2.79. The molecule has 0 N–H and O–H groups in total. The van der Waals surface area contributed by atoms with Crippen LogP contribution in [-0.2, 0) is 22.7 Å². The first-order valence-electron chi connectivity index (χ1n) is 8.68. The molecule has 172 valence electrons. The highest BCUT2D eigenvalue weighted by Gasteiger charge is 2.38. The number of alkyl halides is 3. The zero-order valence-corrected chi connectivity index (χ0v) is 18.1. The van der Waals surface area contributed by atoms with Crippen LogP contribution >= 0.6 is 11.3 Å². The van der Waals surface area contributed by atoms with Gasteiger partial charge in [-0.2, -0.15) is 13.2 Å². The molecule has 0 aliphatic carbocycles. The van der Waals surface area contributed by atoms with Gasteiger partial charge in [0.05, 0.1) is 26.3 Å². The number of hydrogen-bond acceptors (Lipinski definition) is 6. The van der Waals surface area contributed by atoms with E-state index in [-0.39, 0.29) is 23.0 Å². The van der Waals surface area contributed by atoms with Crippen LogP contribution in [0.5, 0.6) is 11.5 Å². The Kier molecular flexibility index (Phi) is 6.60. The predicted octanol–water partition coefficient (Wildman–Crippen LogP) is 4.85. The predicted molar refractivity (Wildman–Crippen MR) is 106 cm³/mol. The molecular formula is C19H15F5N2O4S2. The highest BCUT2D eigenvalue weighted by atomic mass is 32.2. The standard InChI is InChI=1S/C19H15F5N2O4S2/c1-29-12-4-3-11(16(7-12)30-2)10-26(18-25-5-6-31-18)32(27,28)17-8-13(19(22,23)24)14(20)9-15(17)21/h3-9H,10H2,1-2H3. The summed E-state index contributed by atoms with van der Waals surface area (Å²) in [5, 5.41) is 1.30. The molecule has 0 aliphatic heterocycles. The van der Waals surface area contributed by atoms with Crippen molar-refractivity contribution in [1.29, 1.82) is 0 Å². The number of ether oxygens (including phenoxy) is 2. The quantitative estimate of drug-likeness (QED) is 0.439.